The van der Waals surface area contributed by atoms with Gasteiger partial charge in [-0.3, -0.25) is 14.9 Å². The van der Waals surface area contributed by atoms with Gasteiger partial charge in [0, 0.05) is 12.6 Å². The number of H-pyrrole nitrogens is 1. The lowest BCUT2D eigenvalue weighted by Gasteiger charge is -2.22. The third kappa shape index (κ3) is 4.11. The van der Waals surface area contributed by atoms with Crippen LogP contribution in [0.1, 0.15) is 26.3 Å². The molecule has 2 aromatic carbocycles. The zero-order chi connectivity index (χ0) is 20.3. The zero-order valence-electron chi connectivity index (χ0n) is 16.0. The maximum absolute atomic E-state index is 11.8. The molecular weight excluding hydrogens is 360 g/mol. The molecule has 0 aliphatic carbocycles. The summed E-state index contributed by atoms with van der Waals surface area (Å²) in [7, 11) is 0. The highest BCUT2D eigenvalue weighted by atomic mass is 16.6. The predicted octanol–water partition coefficient (Wildman–Crippen LogP) is 3.62. The fraction of sp³-hybridized carbons (Fsp3) is 0.300. The Hall–Kier alpha value is -3.42. The van der Waals surface area contributed by atoms with E-state index in [1.54, 1.807) is 0 Å². The van der Waals surface area contributed by atoms with E-state index in [2.05, 4.69) is 36.1 Å². The van der Waals surface area contributed by atoms with Gasteiger partial charge in [-0.1, -0.05) is 39.0 Å². The van der Waals surface area contributed by atoms with Gasteiger partial charge in [0.05, 0.1) is 22.2 Å². The Kier molecular flexibility index (Phi) is 5.30. The molecule has 0 radical (unpaired) electrons. The number of nitrogens with one attached hydrogen (secondary N) is 2. The Bertz CT molecular complexity index is 1070. The summed E-state index contributed by atoms with van der Waals surface area (Å²) in [4.78, 5) is 29.2. The minimum absolute atomic E-state index is 0.0557. The van der Waals surface area contributed by atoms with E-state index in [0.717, 1.165) is 11.3 Å². The van der Waals surface area contributed by atoms with Crippen molar-refractivity contribution >= 4 is 22.3 Å². The largest absolute Gasteiger partial charge is 0.491 e. The number of anilines is 1. The van der Waals surface area contributed by atoms with Gasteiger partial charge in [-0.2, -0.15) is 0 Å². The molecule has 0 saturated carbocycles. The van der Waals surface area contributed by atoms with Crippen molar-refractivity contribution in [2.75, 3.05) is 18.5 Å². The average molecular weight is 382 g/mol. The van der Waals surface area contributed by atoms with Crippen LogP contribution in [-0.2, 0) is 5.41 Å². The molecule has 1 aromatic heterocycles. The van der Waals surface area contributed by atoms with Crippen molar-refractivity contribution in [1.82, 2.24) is 9.97 Å². The van der Waals surface area contributed by atoms with E-state index in [4.69, 9.17) is 4.74 Å². The molecule has 0 fully saturated rings. The van der Waals surface area contributed by atoms with Crippen LogP contribution in [0.25, 0.3) is 10.9 Å². The standard InChI is InChI=1S/C20H22N4O4/c1-20(2,3)14-6-4-5-7-18(14)28-9-8-21-16-11-15-13(10-17(16)24(26)27)19(25)23-12-22-15/h4-7,10-12,21H,8-9H2,1-3H3,(H,22,23,25). The number of nitrogens with zero attached hydrogens (tertiary/aromatic N) is 2. The van der Waals surface area contributed by atoms with Crippen molar-refractivity contribution in [2.45, 2.75) is 26.2 Å². The summed E-state index contributed by atoms with van der Waals surface area (Å²) in [5.41, 5.74) is 1.12. The Morgan fingerprint density at radius 2 is 2.00 bits per heavy atom. The SMILES string of the molecule is CC(C)(C)c1ccccc1OCCNc1cc2nc[nH]c(=O)c2cc1[N+](=O)[O-]. The van der Waals surface area contributed by atoms with Gasteiger partial charge >= 0.3 is 0 Å². The van der Waals surface area contributed by atoms with Gasteiger partial charge in [0.2, 0.25) is 0 Å². The van der Waals surface area contributed by atoms with E-state index in [0.29, 0.717) is 24.4 Å². The topological polar surface area (TPSA) is 110 Å². The maximum atomic E-state index is 11.8. The lowest BCUT2D eigenvalue weighted by molar-refractivity contribution is -0.383. The summed E-state index contributed by atoms with van der Waals surface area (Å²) >= 11 is 0. The molecule has 0 bridgehead atoms. The van der Waals surface area contributed by atoms with Gasteiger partial charge in [-0.05, 0) is 23.1 Å². The van der Waals surface area contributed by atoms with E-state index in [1.165, 1.54) is 18.5 Å². The lowest BCUT2D eigenvalue weighted by atomic mass is 9.86. The highest BCUT2D eigenvalue weighted by Gasteiger charge is 2.19. The fourth-order valence-corrected chi connectivity index (χ4v) is 2.96. The number of para-hydroxylation sites is 1. The van der Waals surface area contributed by atoms with Crippen molar-refractivity contribution in [1.29, 1.82) is 0 Å². The van der Waals surface area contributed by atoms with Crippen LogP contribution in [0.5, 0.6) is 5.75 Å². The molecule has 2 N–H and O–H groups in total. The second-order valence-electron chi connectivity index (χ2n) is 7.40. The lowest BCUT2D eigenvalue weighted by Crippen LogP contribution is -2.17. The number of fused-ring (bicyclic) bond motifs is 1. The first-order valence-corrected chi connectivity index (χ1v) is 8.89. The summed E-state index contributed by atoms with van der Waals surface area (Å²) in [6, 6.07) is 10.6. The van der Waals surface area contributed by atoms with Gasteiger partial charge < -0.3 is 15.0 Å². The average Bonchev–Trinajstić information content (AvgIpc) is 2.64. The van der Waals surface area contributed by atoms with Crippen LogP contribution in [0.3, 0.4) is 0 Å². The first kappa shape index (κ1) is 19.3. The van der Waals surface area contributed by atoms with Crippen molar-refractivity contribution < 1.29 is 9.66 Å². The van der Waals surface area contributed by atoms with Crippen molar-refractivity contribution in [3.63, 3.8) is 0 Å². The molecule has 1 heterocycles. The molecular formula is C20H22N4O4. The van der Waals surface area contributed by atoms with Gasteiger partial charge in [0.15, 0.2) is 0 Å². The predicted molar refractivity (Wildman–Crippen MR) is 108 cm³/mol. The molecule has 0 unspecified atom stereocenters. The highest BCUT2D eigenvalue weighted by Crippen LogP contribution is 2.31. The third-order valence-corrected chi connectivity index (χ3v) is 4.32. The zero-order valence-corrected chi connectivity index (χ0v) is 16.0. The van der Waals surface area contributed by atoms with Crippen LogP contribution in [0, 0.1) is 10.1 Å². The van der Waals surface area contributed by atoms with Crippen molar-refractivity contribution in [2.24, 2.45) is 0 Å². The maximum Gasteiger partial charge on any atom is 0.293 e. The van der Waals surface area contributed by atoms with E-state index in [1.807, 2.05) is 24.3 Å². The number of ether oxygens (including phenoxy) is 1. The Labute approximate surface area is 161 Å². The number of nitro groups is 1. The first-order chi connectivity index (χ1) is 13.3. The quantitative estimate of drug-likeness (QED) is 0.383. The molecule has 3 rings (SSSR count). The second-order valence-corrected chi connectivity index (χ2v) is 7.40. The van der Waals surface area contributed by atoms with Crippen LogP contribution in [-0.4, -0.2) is 28.0 Å². The molecule has 0 saturated heterocycles. The number of benzene rings is 2. The molecule has 8 heteroatoms. The number of nitro benzene ring substituents is 1. The highest BCUT2D eigenvalue weighted by molar-refractivity contribution is 5.86. The minimum Gasteiger partial charge on any atom is -0.491 e. The molecule has 146 valence electrons. The first-order valence-electron chi connectivity index (χ1n) is 8.89. The van der Waals surface area contributed by atoms with Gasteiger partial charge in [-0.15, -0.1) is 0 Å². The summed E-state index contributed by atoms with van der Waals surface area (Å²) in [5, 5.41) is 14.6. The van der Waals surface area contributed by atoms with E-state index < -0.39 is 10.5 Å². The van der Waals surface area contributed by atoms with E-state index in [-0.39, 0.29) is 16.5 Å². The molecule has 0 amide bonds. The van der Waals surface area contributed by atoms with Gasteiger partial charge in [0.1, 0.15) is 18.0 Å². The Morgan fingerprint density at radius 1 is 1.25 bits per heavy atom. The van der Waals surface area contributed by atoms with Crippen LogP contribution < -0.4 is 15.6 Å². The smallest absolute Gasteiger partial charge is 0.293 e. The van der Waals surface area contributed by atoms with Crippen LogP contribution >= 0.6 is 0 Å². The molecule has 8 nitrogen and oxygen atoms in total. The van der Waals surface area contributed by atoms with Crippen LogP contribution in [0.15, 0.2) is 47.5 Å². The van der Waals surface area contributed by atoms with E-state index in [9.17, 15) is 14.9 Å². The molecule has 0 atom stereocenters. The number of hydrogen-bond donors (Lipinski definition) is 2. The van der Waals surface area contributed by atoms with E-state index >= 15 is 0 Å². The minimum atomic E-state index is -0.524. The summed E-state index contributed by atoms with van der Waals surface area (Å²) < 4.78 is 5.89. The Morgan fingerprint density at radius 3 is 2.71 bits per heavy atom. The summed E-state index contributed by atoms with van der Waals surface area (Å²) in [6.45, 7) is 7.01. The normalized spacial score (nSPS) is 11.4. The number of aromatic amines is 1. The van der Waals surface area contributed by atoms with Crippen molar-refractivity contribution in [3.8, 4) is 5.75 Å². The van der Waals surface area contributed by atoms with Crippen LogP contribution in [0.4, 0.5) is 11.4 Å². The molecule has 3 aromatic rings. The number of aromatic nitrogens is 2. The van der Waals surface area contributed by atoms with Crippen molar-refractivity contribution in [3.05, 3.63) is 68.8 Å². The summed E-state index contributed by atoms with van der Waals surface area (Å²) in [6.07, 6.45) is 1.27. The molecule has 0 aliphatic rings. The van der Waals surface area contributed by atoms with Gasteiger partial charge in [0.25, 0.3) is 11.2 Å². The second kappa shape index (κ2) is 7.67. The fourth-order valence-electron chi connectivity index (χ4n) is 2.96. The summed E-state index contributed by atoms with van der Waals surface area (Å²) in [5.74, 6) is 0.790. The monoisotopic (exact) mass is 382 g/mol. The molecule has 0 spiro atoms. The number of rotatable bonds is 6. The van der Waals surface area contributed by atoms with Crippen LogP contribution in [0.2, 0.25) is 0 Å². The molecule has 28 heavy (non-hydrogen) atoms. The molecule has 0 aliphatic heterocycles. The Balaban J connectivity index is 1.75. The van der Waals surface area contributed by atoms with Gasteiger partial charge in [-0.25, -0.2) is 4.98 Å². The number of hydrogen-bond acceptors (Lipinski definition) is 6. The third-order valence-electron chi connectivity index (χ3n) is 4.32.